The maximum Gasteiger partial charge on any atom is 0.131 e. The molecule has 0 saturated heterocycles. The maximum atomic E-state index is 5.91. The van der Waals surface area contributed by atoms with Gasteiger partial charge in [-0.15, -0.1) is 0 Å². The van der Waals surface area contributed by atoms with Gasteiger partial charge in [-0.25, -0.2) is 4.98 Å². The number of benzene rings is 14. The van der Waals surface area contributed by atoms with Crippen molar-refractivity contribution in [1.29, 1.82) is 0 Å². The molecule has 8 heteroatoms. The zero-order valence-electron chi connectivity index (χ0n) is 54.5. The molecule has 0 spiro atoms. The number of aromatic nitrogens is 1. The predicted octanol–water partition coefficient (Wildman–Crippen LogP) is 17.8. The van der Waals surface area contributed by atoms with Crippen LogP contribution in [0.25, 0.3) is 22.3 Å². The number of nitrogens with two attached hydrogens (primary N) is 1. The van der Waals surface area contributed by atoms with E-state index in [4.69, 9.17) is 10.5 Å². The number of pyridine rings is 1. The number of nitrogens with zero attached hydrogens (tertiary/aromatic N) is 1. The second kappa shape index (κ2) is 38.8. The van der Waals surface area contributed by atoms with Crippen LogP contribution in [0.5, 0.6) is 5.75 Å². The molecule has 15 rings (SSSR count). The van der Waals surface area contributed by atoms with Crippen LogP contribution in [-0.2, 0) is 20.4 Å². The summed E-state index contributed by atoms with van der Waals surface area (Å²) in [6.45, 7) is 0. The molecule has 14 aromatic carbocycles. The molecule has 0 amide bonds. The first-order valence-corrected chi connectivity index (χ1v) is 37.7. The summed E-state index contributed by atoms with van der Waals surface area (Å²) >= 11 is 0. The van der Waals surface area contributed by atoms with Crippen molar-refractivity contribution in [1.82, 2.24) is 4.98 Å². The standard InChI is InChI=1S/C18H16N2O.4C18H15P.Pd/c1-21-16-5-2-4-15(12-16)13-7-9-14(10-8-13)17-6-3-11-20-18(17)19;4*1-4-10-16(11-5-1)19(17-12-6-2-7-13-17)18-14-8-3-9-15-18;/h2-12H,1H3,(H2,19,20);4*1-15H;. The molecule has 0 aliphatic heterocycles. The third-order valence-corrected chi connectivity index (χ3v) is 25.4. The van der Waals surface area contributed by atoms with E-state index in [0.29, 0.717) is 5.82 Å². The van der Waals surface area contributed by atoms with Crippen LogP contribution in [0.15, 0.2) is 431 Å². The van der Waals surface area contributed by atoms with Crippen LogP contribution in [0.3, 0.4) is 0 Å². The van der Waals surface area contributed by atoms with E-state index < -0.39 is 31.7 Å². The Morgan fingerprint density at radius 2 is 0.439 bits per heavy atom. The Bertz CT molecular complexity index is 3800. The first-order chi connectivity index (χ1) is 48.1. The summed E-state index contributed by atoms with van der Waals surface area (Å²) in [5, 5.41) is 16.8. The summed E-state index contributed by atoms with van der Waals surface area (Å²) < 4.78 is 5.26. The first-order valence-electron chi connectivity index (χ1n) is 32.3. The second-order valence-electron chi connectivity index (χ2n) is 22.1. The Balaban J connectivity index is 0.000000132. The maximum absolute atomic E-state index is 5.91. The van der Waals surface area contributed by atoms with Crippen LogP contribution in [0.1, 0.15) is 0 Å². The smallest absolute Gasteiger partial charge is 0.131 e. The molecule has 0 atom stereocenters. The van der Waals surface area contributed by atoms with Crippen molar-refractivity contribution in [2.24, 2.45) is 0 Å². The molecule has 0 unspecified atom stereocenters. The molecule has 1 aromatic heterocycles. The van der Waals surface area contributed by atoms with E-state index in [-0.39, 0.29) is 20.4 Å². The van der Waals surface area contributed by atoms with Gasteiger partial charge in [0.25, 0.3) is 0 Å². The van der Waals surface area contributed by atoms with E-state index >= 15 is 0 Å². The van der Waals surface area contributed by atoms with Crippen molar-refractivity contribution < 1.29 is 25.2 Å². The molecule has 482 valence electrons. The Labute approximate surface area is 598 Å². The summed E-state index contributed by atoms with van der Waals surface area (Å²) in [4.78, 5) is 4.12. The van der Waals surface area contributed by atoms with Crippen LogP contribution in [0, 0.1) is 0 Å². The average Bonchev–Trinajstić information content (AvgIpc) is 0.906. The van der Waals surface area contributed by atoms with Gasteiger partial charge in [-0.2, -0.15) is 0 Å². The molecule has 0 bridgehead atoms. The number of anilines is 1. The summed E-state index contributed by atoms with van der Waals surface area (Å²) in [5.41, 5.74) is 10.2. The normalized spacial score (nSPS) is 10.4. The molecule has 0 aliphatic rings. The van der Waals surface area contributed by atoms with Gasteiger partial charge < -0.3 is 10.5 Å². The molecule has 98 heavy (non-hydrogen) atoms. The van der Waals surface area contributed by atoms with Crippen molar-refractivity contribution in [2.45, 2.75) is 0 Å². The molecule has 3 nitrogen and oxygen atoms in total. The molecule has 0 radical (unpaired) electrons. The van der Waals surface area contributed by atoms with Crippen molar-refractivity contribution in [2.75, 3.05) is 12.8 Å². The minimum absolute atomic E-state index is 0. The van der Waals surface area contributed by atoms with Gasteiger partial charge in [0, 0.05) is 32.2 Å². The van der Waals surface area contributed by atoms with Gasteiger partial charge in [0.05, 0.1) is 7.11 Å². The number of hydrogen-bond donors (Lipinski definition) is 1. The van der Waals surface area contributed by atoms with Gasteiger partial charge in [0.1, 0.15) is 11.6 Å². The van der Waals surface area contributed by atoms with E-state index in [1.165, 1.54) is 63.7 Å². The van der Waals surface area contributed by atoms with Crippen LogP contribution in [0.4, 0.5) is 5.82 Å². The second-order valence-corrected chi connectivity index (χ2v) is 31.0. The Kier molecular flexibility index (Phi) is 28.1. The minimum Gasteiger partial charge on any atom is -0.497 e. The third-order valence-electron chi connectivity index (χ3n) is 15.6. The van der Waals surface area contributed by atoms with Gasteiger partial charge >= 0.3 is 0 Å². The summed E-state index contributed by atoms with van der Waals surface area (Å²) in [7, 11) is -0.110. The van der Waals surface area contributed by atoms with Crippen molar-refractivity contribution in [3.63, 3.8) is 0 Å². The van der Waals surface area contributed by atoms with Crippen molar-refractivity contribution in [3.8, 4) is 28.0 Å². The summed E-state index contributed by atoms with van der Waals surface area (Å²) in [6, 6.07) is 149. The van der Waals surface area contributed by atoms with Crippen LogP contribution in [-0.4, -0.2) is 12.1 Å². The zero-order valence-corrected chi connectivity index (χ0v) is 59.7. The largest absolute Gasteiger partial charge is 0.497 e. The first kappa shape index (κ1) is 71.0. The van der Waals surface area contributed by atoms with E-state index in [0.717, 1.165) is 28.0 Å². The monoisotopic (exact) mass is 1430 g/mol. The number of methoxy groups -OCH3 is 1. The van der Waals surface area contributed by atoms with E-state index in [1.807, 2.05) is 30.3 Å². The van der Waals surface area contributed by atoms with E-state index in [1.54, 1.807) is 13.3 Å². The molecule has 15 aromatic rings. The molecular weight excluding hydrogens is 1360 g/mol. The Hall–Kier alpha value is -9.79. The number of hydrogen-bond acceptors (Lipinski definition) is 3. The van der Waals surface area contributed by atoms with Gasteiger partial charge in [-0.05, 0) is 136 Å². The van der Waals surface area contributed by atoms with Gasteiger partial charge in [-0.3, -0.25) is 0 Å². The molecule has 1 heterocycles. The van der Waals surface area contributed by atoms with E-state index in [9.17, 15) is 0 Å². The van der Waals surface area contributed by atoms with Gasteiger partial charge in [-0.1, -0.05) is 400 Å². The Morgan fingerprint density at radius 1 is 0.224 bits per heavy atom. The molecule has 2 N–H and O–H groups in total. The topological polar surface area (TPSA) is 48.1 Å². The minimum atomic E-state index is -0.446. The number of rotatable bonds is 15. The predicted molar refractivity (Wildman–Crippen MR) is 427 cm³/mol. The van der Waals surface area contributed by atoms with Crippen molar-refractivity contribution in [3.05, 3.63) is 431 Å². The van der Waals surface area contributed by atoms with Gasteiger partial charge in [0.2, 0.25) is 0 Å². The molecule has 0 aliphatic carbocycles. The molecular formula is C90H76N2OP4Pd. The van der Waals surface area contributed by atoms with E-state index in [2.05, 4.69) is 399 Å². The number of ether oxygens (including phenoxy) is 1. The third kappa shape index (κ3) is 20.4. The SMILES string of the molecule is COc1cccc(-c2ccc(-c3cccnc3N)cc2)c1.[Pd].c1ccc(P(c2ccccc2)c2ccccc2)cc1.c1ccc(P(c2ccccc2)c2ccccc2)cc1.c1ccc(P(c2ccccc2)c2ccccc2)cc1.c1ccc(P(c2ccccc2)c2ccccc2)cc1. The van der Waals surface area contributed by atoms with Crippen LogP contribution in [0.2, 0.25) is 0 Å². The molecule has 0 saturated carbocycles. The summed E-state index contributed by atoms with van der Waals surface area (Å²) in [6.07, 6.45) is 1.70. The molecule has 0 fully saturated rings. The zero-order chi connectivity index (χ0) is 66.3. The number of nitrogen functional groups attached to an aromatic ring is 1. The van der Waals surface area contributed by atoms with Crippen molar-refractivity contribution >= 4 is 101 Å². The summed E-state index contributed by atoms with van der Waals surface area (Å²) in [5.74, 6) is 1.40. The fraction of sp³-hybridized carbons (Fsp3) is 0.0111. The fourth-order valence-corrected chi connectivity index (χ4v) is 20.2. The van der Waals surface area contributed by atoms with Crippen LogP contribution >= 0.6 is 31.7 Å². The average molecular weight is 1430 g/mol. The van der Waals surface area contributed by atoms with Gasteiger partial charge in [0.15, 0.2) is 0 Å². The quantitative estimate of drug-likeness (QED) is 0.0822. The fourth-order valence-electron chi connectivity index (χ4n) is 11.0. The van der Waals surface area contributed by atoms with Crippen LogP contribution < -0.4 is 74.1 Å². The Morgan fingerprint density at radius 3 is 0.643 bits per heavy atom.